The molecule has 1 atom stereocenters. The first-order chi connectivity index (χ1) is 8.65. The molecule has 0 aliphatic heterocycles. The highest BCUT2D eigenvalue weighted by atomic mass is 15.4. The Balaban J connectivity index is 2.40. The number of aryl methyl sites for hydroxylation is 1. The van der Waals surface area contributed by atoms with Gasteiger partial charge in [0, 0.05) is 0 Å². The summed E-state index contributed by atoms with van der Waals surface area (Å²) >= 11 is 0. The second-order valence-electron chi connectivity index (χ2n) is 4.54. The highest BCUT2D eigenvalue weighted by molar-refractivity contribution is 5.40. The van der Waals surface area contributed by atoms with E-state index >= 15 is 0 Å². The fourth-order valence-electron chi connectivity index (χ4n) is 2.17. The first-order valence-corrected chi connectivity index (χ1v) is 6.36. The molecule has 2 aromatic rings. The Morgan fingerprint density at radius 3 is 2.67 bits per heavy atom. The second kappa shape index (κ2) is 5.31. The zero-order valence-electron chi connectivity index (χ0n) is 11.4. The summed E-state index contributed by atoms with van der Waals surface area (Å²) in [6.45, 7) is 9.29. The van der Waals surface area contributed by atoms with Crippen molar-refractivity contribution in [3.8, 4) is 5.69 Å². The first kappa shape index (κ1) is 12.8. The van der Waals surface area contributed by atoms with Gasteiger partial charge in [-0.15, -0.1) is 5.10 Å². The molecule has 1 heterocycles. The minimum Gasteiger partial charge on any atom is -0.309 e. The van der Waals surface area contributed by atoms with Crippen LogP contribution in [0.2, 0.25) is 0 Å². The van der Waals surface area contributed by atoms with Crippen LogP contribution in [-0.2, 0) is 0 Å². The van der Waals surface area contributed by atoms with Gasteiger partial charge < -0.3 is 5.32 Å². The molecule has 18 heavy (non-hydrogen) atoms. The Bertz CT molecular complexity index is 530. The van der Waals surface area contributed by atoms with Crippen molar-refractivity contribution in [2.75, 3.05) is 6.54 Å². The number of rotatable bonds is 4. The fourth-order valence-corrected chi connectivity index (χ4v) is 2.17. The third-order valence-corrected chi connectivity index (χ3v) is 3.19. The Hall–Kier alpha value is -1.68. The van der Waals surface area contributed by atoms with E-state index in [0.717, 1.165) is 23.6 Å². The third-order valence-electron chi connectivity index (χ3n) is 3.19. The van der Waals surface area contributed by atoms with E-state index in [1.807, 2.05) is 16.8 Å². The van der Waals surface area contributed by atoms with Gasteiger partial charge in [-0.3, -0.25) is 0 Å². The molecule has 0 amide bonds. The summed E-state index contributed by atoms with van der Waals surface area (Å²) in [6.07, 6.45) is 0. The molecule has 0 spiro atoms. The van der Waals surface area contributed by atoms with Gasteiger partial charge in [0.1, 0.15) is 5.69 Å². The predicted molar refractivity (Wildman–Crippen MR) is 72.9 cm³/mol. The molecule has 0 saturated carbocycles. The molecule has 4 heteroatoms. The van der Waals surface area contributed by atoms with E-state index in [1.54, 1.807) is 0 Å². The first-order valence-electron chi connectivity index (χ1n) is 6.36. The number of hydrogen-bond donors (Lipinski definition) is 1. The number of benzene rings is 1. The SMILES string of the molecule is CCNC(C)c1nnn(-c2ccccc2C)c1C. The van der Waals surface area contributed by atoms with Crippen LogP contribution in [0.5, 0.6) is 0 Å². The molecule has 0 aliphatic carbocycles. The van der Waals surface area contributed by atoms with Gasteiger partial charge in [0.2, 0.25) is 0 Å². The lowest BCUT2D eigenvalue weighted by atomic mass is 10.1. The van der Waals surface area contributed by atoms with Crippen LogP contribution in [0, 0.1) is 13.8 Å². The highest BCUT2D eigenvalue weighted by Gasteiger charge is 2.15. The summed E-state index contributed by atoms with van der Waals surface area (Å²) in [7, 11) is 0. The molecule has 1 unspecified atom stereocenters. The van der Waals surface area contributed by atoms with E-state index in [9.17, 15) is 0 Å². The quantitative estimate of drug-likeness (QED) is 0.898. The largest absolute Gasteiger partial charge is 0.309 e. The molecule has 96 valence electrons. The minimum atomic E-state index is 0.229. The van der Waals surface area contributed by atoms with Gasteiger partial charge >= 0.3 is 0 Å². The summed E-state index contributed by atoms with van der Waals surface area (Å²) in [5.74, 6) is 0. The summed E-state index contributed by atoms with van der Waals surface area (Å²) in [4.78, 5) is 0. The summed E-state index contributed by atoms with van der Waals surface area (Å²) in [5, 5.41) is 11.9. The average molecular weight is 244 g/mol. The van der Waals surface area contributed by atoms with Crippen LogP contribution in [0.25, 0.3) is 5.69 Å². The van der Waals surface area contributed by atoms with E-state index in [2.05, 4.69) is 55.5 Å². The molecular formula is C14H20N4. The summed E-state index contributed by atoms with van der Waals surface area (Å²) in [5.41, 5.74) is 4.41. The van der Waals surface area contributed by atoms with Crippen molar-refractivity contribution >= 4 is 0 Å². The van der Waals surface area contributed by atoms with E-state index in [-0.39, 0.29) is 6.04 Å². The van der Waals surface area contributed by atoms with Crippen molar-refractivity contribution < 1.29 is 0 Å². The zero-order valence-corrected chi connectivity index (χ0v) is 11.4. The van der Waals surface area contributed by atoms with Gasteiger partial charge in [-0.2, -0.15) is 0 Å². The van der Waals surface area contributed by atoms with Gasteiger partial charge in [0.05, 0.1) is 17.4 Å². The second-order valence-corrected chi connectivity index (χ2v) is 4.54. The van der Waals surface area contributed by atoms with Gasteiger partial charge in [-0.25, -0.2) is 4.68 Å². The maximum Gasteiger partial charge on any atom is 0.103 e. The van der Waals surface area contributed by atoms with Crippen molar-refractivity contribution in [2.24, 2.45) is 0 Å². The Morgan fingerprint density at radius 2 is 2.00 bits per heavy atom. The lowest BCUT2D eigenvalue weighted by molar-refractivity contribution is 0.579. The monoisotopic (exact) mass is 244 g/mol. The van der Waals surface area contributed by atoms with Crippen molar-refractivity contribution in [3.63, 3.8) is 0 Å². The number of nitrogens with zero attached hydrogens (tertiary/aromatic N) is 3. The van der Waals surface area contributed by atoms with E-state index in [1.165, 1.54) is 5.56 Å². The van der Waals surface area contributed by atoms with E-state index in [0.29, 0.717) is 0 Å². The van der Waals surface area contributed by atoms with Crippen molar-refractivity contribution in [1.29, 1.82) is 0 Å². The number of para-hydroxylation sites is 1. The van der Waals surface area contributed by atoms with Crippen LogP contribution in [-0.4, -0.2) is 21.5 Å². The molecule has 2 rings (SSSR count). The molecule has 1 aromatic carbocycles. The summed E-state index contributed by atoms with van der Waals surface area (Å²) < 4.78 is 1.92. The van der Waals surface area contributed by atoms with Gasteiger partial charge in [0.15, 0.2) is 0 Å². The molecule has 0 aliphatic rings. The topological polar surface area (TPSA) is 42.7 Å². The maximum atomic E-state index is 4.30. The summed E-state index contributed by atoms with van der Waals surface area (Å²) in [6, 6.07) is 8.44. The fraction of sp³-hybridized carbons (Fsp3) is 0.429. The van der Waals surface area contributed by atoms with Gasteiger partial charge in [-0.1, -0.05) is 30.3 Å². The normalized spacial score (nSPS) is 12.7. The predicted octanol–water partition coefficient (Wildman–Crippen LogP) is 2.55. The Kier molecular flexibility index (Phi) is 3.77. The molecule has 0 radical (unpaired) electrons. The highest BCUT2D eigenvalue weighted by Crippen LogP contribution is 2.19. The molecule has 0 saturated heterocycles. The van der Waals surface area contributed by atoms with Crippen LogP contribution in [0.3, 0.4) is 0 Å². The van der Waals surface area contributed by atoms with Crippen molar-refractivity contribution in [3.05, 3.63) is 41.2 Å². The van der Waals surface area contributed by atoms with Crippen LogP contribution >= 0.6 is 0 Å². The molecule has 4 nitrogen and oxygen atoms in total. The van der Waals surface area contributed by atoms with Crippen LogP contribution in [0.4, 0.5) is 0 Å². The zero-order chi connectivity index (χ0) is 13.1. The number of aromatic nitrogens is 3. The Morgan fingerprint density at radius 1 is 1.28 bits per heavy atom. The van der Waals surface area contributed by atoms with Gasteiger partial charge in [-0.05, 0) is 38.9 Å². The van der Waals surface area contributed by atoms with Crippen LogP contribution in [0.15, 0.2) is 24.3 Å². The number of hydrogen-bond acceptors (Lipinski definition) is 3. The van der Waals surface area contributed by atoms with E-state index < -0.39 is 0 Å². The standard InChI is InChI=1S/C14H20N4/c1-5-15-11(3)14-12(4)18(17-16-14)13-9-7-6-8-10(13)2/h6-9,11,15H,5H2,1-4H3. The Labute approximate surface area is 108 Å². The molecule has 1 N–H and O–H groups in total. The van der Waals surface area contributed by atoms with Crippen LogP contribution < -0.4 is 5.32 Å². The van der Waals surface area contributed by atoms with E-state index in [4.69, 9.17) is 0 Å². The van der Waals surface area contributed by atoms with Crippen molar-refractivity contribution in [2.45, 2.75) is 33.7 Å². The lowest BCUT2D eigenvalue weighted by Gasteiger charge is -2.11. The van der Waals surface area contributed by atoms with Crippen LogP contribution in [0.1, 0.15) is 36.8 Å². The minimum absolute atomic E-state index is 0.229. The molecule has 1 aromatic heterocycles. The maximum absolute atomic E-state index is 4.30. The molecule has 0 bridgehead atoms. The lowest BCUT2D eigenvalue weighted by Crippen LogP contribution is -2.19. The average Bonchev–Trinajstić information content (AvgIpc) is 2.72. The smallest absolute Gasteiger partial charge is 0.103 e. The van der Waals surface area contributed by atoms with Gasteiger partial charge in [0.25, 0.3) is 0 Å². The van der Waals surface area contributed by atoms with Crippen molar-refractivity contribution in [1.82, 2.24) is 20.3 Å². The molecular weight excluding hydrogens is 224 g/mol. The molecule has 0 fully saturated rings. The third kappa shape index (κ3) is 2.29. The number of nitrogens with one attached hydrogen (secondary N) is 1.